The smallest absolute Gasteiger partial charge is 0.304 e. The Balaban J connectivity index is 1.37. The number of amides is 2. The summed E-state index contributed by atoms with van der Waals surface area (Å²) in [6.45, 7) is -0.380. The van der Waals surface area contributed by atoms with Crippen LogP contribution in [0.25, 0.3) is 0 Å². The lowest BCUT2D eigenvalue weighted by Crippen LogP contribution is -2.69. The van der Waals surface area contributed by atoms with Gasteiger partial charge in [0.2, 0.25) is 11.8 Å². The van der Waals surface area contributed by atoms with Crippen molar-refractivity contribution in [3.8, 4) is 0 Å². The van der Waals surface area contributed by atoms with E-state index in [-0.39, 0.29) is 18.1 Å². The molecule has 0 radical (unpaired) electrons. The largest absolute Gasteiger partial charge is 0.481 e. The fraction of sp³-hybridized carbons (Fsp3) is 0.923. The Morgan fingerprint density at radius 2 is 0.913 bits per heavy atom. The molecule has 5 rings (SSSR count). The summed E-state index contributed by atoms with van der Waals surface area (Å²) in [7, 11) is 0. The van der Waals surface area contributed by atoms with E-state index in [1.165, 1.54) is 6.92 Å². The molecule has 0 bridgehead atoms. The first-order valence-electron chi connectivity index (χ1n) is 22.0. The molecule has 25 atom stereocenters. The Labute approximate surface area is 398 Å². The standard InChI is InChI=1S/C39H66N2O27S/c1-12-32(66-37-22(41-14(3)47)27(54)34(18(9-45)64-37)68-39-31(58)29(56)24(51)16(7-43)62-39)25(52)19(65-35(12)60-11-69-5-4-20(48)49)10-59-36-21(40-13(2)46)26(53)33(17(8-44)63-36)67-38-30(57)28(55)23(50)15(6-42)61-38/h12,15-19,21-39,42-45,50-58H,4-11H2,1-3H3,(H,40,46)(H,41,47)(H,48,49)/t12?,15?,16?,17?,18?,19?,21?,22?,23-,24-,25-,26?,27+,28-,29-,30?,31?,32+,33?,34-,35+,36-,37-,38-,39-/m0/s1. The van der Waals surface area contributed by atoms with Gasteiger partial charge in [0.05, 0.1) is 51.5 Å². The van der Waals surface area contributed by atoms with Gasteiger partial charge in [-0.25, -0.2) is 0 Å². The highest BCUT2D eigenvalue weighted by molar-refractivity contribution is 7.99. The second-order valence-corrected chi connectivity index (χ2v) is 18.2. The third-order valence-electron chi connectivity index (χ3n) is 12.2. The lowest BCUT2D eigenvalue weighted by atomic mass is 9.91. The molecular formula is C39H66N2O27S. The molecule has 16 N–H and O–H groups in total. The van der Waals surface area contributed by atoms with Crippen LogP contribution in [0.5, 0.6) is 0 Å². The number of thioether (sulfide) groups is 1. The number of ether oxygens (including phenoxy) is 10. The monoisotopic (exact) mass is 1030 g/mol. The zero-order chi connectivity index (χ0) is 51.0. The lowest BCUT2D eigenvalue weighted by Gasteiger charge is -2.50. The van der Waals surface area contributed by atoms with Crippen LogP contribution < -0.4 is 10.6 Å². The fourth-order valence-electron chi connectivity index (χ4n) is 8.44. The van der Waals surface area contributed by atoms with Crippen LogP contribution in [0.4, 0.5) is 0 Å². The number of nitrogens with one attached hydrogen (secondary N) is 2. The summed E-state index contributed by atoms with van der Waals surface area (Å²) >= 11 is 1.08. The average molecular weight is 1030 g/mol. The fourth-order valence-corrected chi connectivity index (χ4v) is 9.11. The molecule has 5 fully saturated rings. The van der Waals surface area contributed by atoms with Gasteiger partial charge in [0, 0.05) is 25.5 Å². The van der Waals surface area contributed by atoms with Gasteiger partial charge in [0.1, 0.15) is 110 Å². The molecule has 30 heteroatoms. The van der Waals surface area contributed by atoms with E-state index in [0.29, 0.717) is 0 Å². The number of hydrogen-bond acceptors (Lipinski definition) is 27. The van der Waals surface area contributed by atoms with Crippen LogP contribution in [-0.2, 0) is 61.8 Å². The summed E-state index contributed by atoms with van der Waals surface area (Å²) in [4.78, 5) is 36.1. The van der Waals surface area contributed by atoms with Crippen molar-refractivity contribution in [1.29, 1.82) is 0 Å². The van der Waals surface area contributed by atoms with E-state index >= 15 is 0 Å². The van der Waals surface area contributed by atoms with Crippen molar-refractivity contribution >= 4 is 29.5 Å². The Hall–Kier alpha value is -2.16. The van der Waals surface area contributed by atoms with E-state index in [9.17, 15) is 80.8 Å². The van der Waals surface area contributed by atoms with Crippen molar-refractivity contribution in [2.24, 2.45) is 5.92 Å². The topological polar surface area (TPSA) is 451 Å². The molecule has 29 nitrogen and oxygen atoms in total. The highest BCUT2D eigenvalue weighted by Gasteiger charge is 2.55. The minimum atomic E-state index is -1.93. The normalized spacial score (nSPS) is 45.1. The Bertz CT molecular complexity index is 1630. The van der Waals surface area contributed by atoms with Gasteiger partial charge in [-0.05, 0) is 0 Å². The van der Waals surface area contributed by atoms with Gasteiger partial charge in [0.15, 0.2) is 31.5 Å². The molecule has 2 amide bonds. The summed E-state index contributed by atoms with van der Waals surface area (Å²) in [6.07, 6.45) is -37.1. The molecule has 0 aromatic heterocycles. The van der Waals surface area contributed by atoms with Crippen LogP contribution in [-0.4, -0.2) is 281 Å². The van der Waals surface area contributed by atoms with E-state index < -0.39 is 204 Å². The molecule has 5 aliphatic rings. The van der Waals surface area contributed by atoms with E-state index in [0.717, 1.165) is 25.6 Å². The first-order valence-corrected chi connectivity index (χ1v) is 23.2. The van der Waals surface area contributed by atoms with Gasteiger partial charge in [-0.15, -0.1) is 11.8 Å². The van der Waals surface area contributed by atoms with Crippen molar-refractivity contribution in [2.45, 2.75) is 174 Å². The Morgan fingerprint density at radius 3 is 1.36 bits per heavy atom. The first kappa shape index (κ1) is 57.7. The minimum Gasteiger partial charge on any atom is -0.481 e. The summed E-state index contributed by atoms with van der Waals surface area (Å²) in [6, 6.07) is -3.11. The van der Waals surface area contributed by atoms with Crippen LogP contribution >= 0.6 is 11.8 Å². The zero-order valence-electron chi connectivity index (χ0n) is 37.6. The highest BCUT2D eigenvalue weighted by atomic mass is 32.2. The SMILES string of the molecule is CC(=O)NC1C(O)C(O[C@@H]2OC(CO)[C@H](O)[C@H](O)C2O)C(CO)O[C@@H]1OCC1O[C@@H](OCSCCC(=O)O)C(C)[C@@H](O[C@@H]2OC(CO)[C@H](O[C@@H]3OC(CO)[C@H](O)[C@H](O)C3O)[C@H](O)C2NC(C)=O)[C@H]1O. The Kier molecular flexibility index (Phi) is 21.9. The maximum absolute atomic E-state index is 12.5. The number of hydrogen-bond donors (Lipinski definition) is 16. The number of aliphatic carboxylic acids is 1. The number of aliphatic hydroxyl groups excluding tert-OH is 13. The van der Waals surface area contributed by atoms with E-state index in [1.54, 1.807) is 0 Å². The number of carbonyl (C=O) groups is 3. The predicted octanol–water partition coefficient (Wildman–Crippen LogP) is -9.17. The van der Waals surface area contributed by atoms with Crippen LogP contribution in [0.3, 0.4) is 0 Å². The predicted molar refractivity (Wildman–Crippen MR) is 221 cm³/mol. The summed E-state index contributed by atoms with van der Waals surface area (Å²) in [5, 5.41) is 152. The van der Waals surface area contributed by atoms with Gasteiger partial charge in [-0.1, -0.05) is 6.92 Å². The number of rotatable bonds is 21. The van der Waals surface area contributed by atoms with Crippen molar-refractivity contribution in [2.75, 3.05) is 44.7 Å². The van der Waals surface area contributed by atoms with Crippen molar-refractivity contribution in [1.82, 2.24) is 10.6 Å². The molecule has 0 aliphatic carbocycles. The van der Waals surface area contributed by atoms with Crippen molar-refractivity contribution in [3.63, 3.8) is 0 Å². The average Bonchev–Trinajstić information content (AvgIpc) is 3.30. The molecule has 5 aliphatic heterocycles. The van der Waals surface area contributed by atoms with Crippen LogP contribution in [0.15, 0.2) is 0 Å². The second kappa shape index (κ2) is 26.2. The molecule has 69 heavy (non-hydrogen) atoms. The summed E-state index contributed by atoms with van der Waals surface area (Å²) in [5.74, 6) is -3.50. The first-order chi connectivity index (χ1) is 32.7. The molecule has 5 heterocycles. The number of aliphatic hydroxyl groups is 13. The maximum atomic E-state index is 12.5. The summed E-state index contributed by atoms with van der Waals surface area (Å²) < 4.78 is 58.6. The van der Waals surface area contributed by atoms with E-state index in [4.69, 9.17) is 52.5 Å². The molecule has 0 spiro atoms. The van der Waals surface area contributed by atoms with E-state index in [2.05, 4.69) is 10.6 Å². The third kappa shape index (κ3) is 13.9. The van der Waals surface area contributed by atoms with Gasteiger partial charge in [-0.2, -0.15) is 0 Å². The Morgan fingerprint density at radius 1 is 0.493 bits per heavy atom. The lowest BCUT2D eigenvalue weighted by molar-refractivity contribution is -0.366. The van der Waals surface area contributed by atoms with Gasteiger partial charge in [0.25, 0.3) is 0 Å². The van der Waals surface area contributed by atoms with E-state index in [1.807, 2.05) is 0 Å². The van der Waals surface area contributed by atoms with Crippen LogP contribution in [0, 0.1) is 5.92 Å². The van der Waals surface area contributed by atoms with Gasteiger partial charge < -0.3 is 129 Å². The molecular weight excluding hydrogens is 960 g/mol. The van der Waals surface area contributed by atoms with Crippen molar-refractivity contribution in [3.05, 3.63) is 0 Å². The quantitative estimate of drug-likeness (QED) is 0.0375. The third-order valence-corrected chi connectivity index (χ3v) is 13.0. The zero-order valence-corrected chi connectivity index (χ0v) is 38.4. The second-order valence-electron chi connectivity index (χ2n) is 17.1. The van der Waals surface area contributed by atoms with Crippen molar-refractivity contribution < 1.29 is 133 Å². The highest BCUT2D eigenvalue weighted by Crippen LogP contribution is 2.36. The van der Waals surface area contributed by atoms with Crippen LogP contribution in [0.1, 0.15) is 27.2 Å². The minimum absolute atomic E-state index is 0.131. The molecule has 5 saturated heterocycles. The number of carboxylic acids is 1. The number of carbonyl (C=O) groups excluding carboxylic acids is 2. The maximum Gasteiger partial charge on any atom is 0.304 e. The molecule has 0 aromatic carbocycles. The number of carboxylic acid groups (broad SMARTS) is 1. The molecule has 0 saturated carbocycles. The summed E-state index contributed by atoms with van der Waals surface area (Å²) in [5.41, 5.74) is 0. The molecule has 400 valence electrons. The molecule has 12 unspecified atom stereocenters. The van der Waals surface area contributed by atoms with Gasteiger partial charge >= 0.3 is 5.97 Å². The van der Waals surface area contributed by atoms with Gasteiger partial charge in [-0.3, -0.25) is 14.4 Å². The molecule has 0 aromatic rings. The van der Waals surface area contributed by atoms with Crippen LogP contribution in [0.2, 0.25) is 0 Å².